The predicted molar refractivity (Wildman–Crippen MR) is 138 cm³/mol. The van der Waals surface area contributed by atoms with Crippen molar-refractivity contribution in [1.29, 1.82) is 0 Å². The van der Waals surface area contributed by atoms with E-state index in [1.807, 2.05) is 32.0 Å². The van der Waals surface area contributed by atoms with Crippen molar-refractivity contribution >= 4 is 23.3 Å². The van der Waals surface area contributed by atoms with Crippen molar-refractivity contribution in [3.8, 4) is 17.6 Å². The Balaban J connectivity index is 1.60. The van der Waals surface area contributed by atoms with Gasteiger partial charge in [0.15, 0.2) is 5.82 Å². The van der Waals surface area contributed by atoms with Crippen molar-refractivity contribution in [2.75, 3.05) is 24.4 Å². The van der Waals surface area contributed by atoms with Gasteiger partial charge in [0, 0.05) is 54.7 Å². The van der Waals surface area contributed by atoms with E-state index in [0.29, 0.717) is 29.3 Å². The third-order valence-electron chi connectivity index (χ3n) is 5.66. The largest absolute Gasteiger partial charge is 0.488 e. The average molecular weight is 487 g/mol. The molecule has 1 fully saturated rings. The molecule has 4 rings (SSSR count). The summed E-state index contributed by atoms with van der Waals surface area (Å²) in [5, 5.41) is 9.99. The summed E-state index contributed by atoms with van der Waals surface area (Å²) in [6.07, 6.45) is 3.44. The fourth-order valence-corrected chi connectivity index (χ4v) is 3.60. The van der Waals surface area contributed by atoms with Gasteiger partial charge in [-0.15, -0.1) is 0 Å². The van der Waals surface area contributed by atoms with Gasteiger partial charge in [0.1, 0.15) is 11.9 Å². The molecule has 186 valence electrons. The SMILES string of the molecule is COC[C@H](C)Oc1cc(C#Cc2ccc(C)c(NC(=O)C3CC3)c2)cc(C(=O)Nc2ccn(C)n2)c1. The summed E-state index contributed by atoms with van der Waals surface area (Å²) in [7, 11) is 3.39. The summed E-state index contributed by atoms with van der Waals surface area (Å²) in [6.45, 7) is 4.25. The standard InChI is InChI=1S/C28H30N4O4/c1-18-5-6-20(15-25(18)29-27(33)22-9-10-22)7-8-21-13-23(16-24(14-21)36-19(2)17-35-4)28(34)30-26-11-12-32(3)31-26/h5-6,11-16,19,22H,9-10,17H2,1-4H3,(H,29,33)(H,30,31,34)/t19-/m0/s1. The molecule has 8 nitrogen and oxygen atoms in total. The third kappa shape index (κ3) is 6.74. The first-order valence-electron chi connectivity index (χ1n) is 11.9. The van der Waals surface area contributed by atoms with Crippen LogP contribution in [0.1, 0.15) is 46.8 Å². The number of aromatic nitrogens is 2. The number of anilines is 2. The number of benzene rings is 2. The molecule has 1 atom stereocenters. The quantitative estimate of drug-likeness (QED) is 0.467. The first-order chi connectivity index (χ1) is 17.3. The van der Waals surface area contributed by atoms with Crippen molar-refractivity contribution in [3.05, 3.63) is 70.9 Å². The highest BCUT2D eigenvalue weighted by atomic mass is 16.5. The van der Waals surface area contributed by atoms with Gasteiger partial charge in [0.05, 0.1) is 6.61 Å². The van der Waals surface area contributed by atoms with E-state index in [1.165, 1.54) is 0 Å². The molecule has 0 saturated heterocycles. The number of amides is 2. The Morgan fingerprint density at radius 1 is 1.11 bits per heavy atom. The topological polar surface area (TPSA) is 94.5 Å². The molecular weight excluding hydrogens is 456 g/mol. The number of methoxy groups -OCH3 is 1. The number of carbonyl (C=O) groups excluding carboxylic acids is 2. The van der Waals surface area contributed by atoms with Crippen LogP contribution in [0.25, 0.3) is 0 Å². The van der Waals surface area contributed by atoms with Crippen LogP contribution in [-0.4, -0.2) is 41.4 Å². The van der Waals surface area contributed by atoms with E-state index in [2.05, 4.69) is 27.6 Å². The van der Waals surface area contributed by atoms with Crippen LogP contribution < -0.4 is 15.4 Å². The fraction of sp³-hybridized carbons (Fsp3) is 0.321. The summed E-state index contributed by atoms with van der Waals surface area (Å²) in [6, 6.07) is 12.6. The first-order valence-corrected chi connectivity index (χ1v) is 11.9. The number of nitrogens with zero attached hydrogens (tertiary/aromatic N) is 2. The minimum Gasteiger partial charge on any atom is -0.488 e. The van der Waals surface area contributed by atoms with Crippen molar-refractivity contribution in [2.24, 2.45) is 13.0 Å². The van der Waals surface area contributed by atoms with Crippen molar-refractivity contribution in [3.63, 3.8) is 0 Å². The number of ether oxygens (including phenoxy) is 2. The van der Waals surface area contributed by atoms with Crippen LogP contribution in [0.2, 0.25) is 0 Å². The maximum atomic E-state index is 12.9. The van der Waals surface area contributed by atoms with Gasteiger partial charge in [-0.2, -0.15) is 5.10 Å². The van der Waals surface area contributed by atoms with Gasteiger partial charge in [-0.1, -0.05) is 17.9 Å². The molecule has 2 amide bonds. The molecule has 0 radical (unpaired) electrons. The maximum absolute atomic E-state index is 12.9. The van der Waals surface area contributed by atoms with Crippen LogP contribution in [0.3, 0.4) is 0 Å². The van der Waals surface area contributed by atoms with Gasteiger partial charge in [0.2, 0.25) is 5.91 Å². The molecule has 1 aliphatic carbocycles. The van der Waals surface area contributed by atoms with Crippen LogP contribution in [0.5, 0.6) is 5.75 Å². The van der Waals surface area contributed by atoms with E-state index in [-0.39, 0.29) is 23.8 Å². The molecule has 36 heavy (non-hydrogen) atoms. The predicted octanol–water partition coefficient (Wildman–Crippen LogP) is 4.14. The molecular formula is C28H30N4O4. The van der Waals surface area contributed by atoms with Crippen molar-refractivity contribution in [1.82, 2.24) is 9.78 Å². The monoisotopic (exact) mass is 486 g/mol. The van der Waals surface area contributed by atoms with E-state index in [0.717, 1.165) is 29.7 Å². The maximum Gasteiger partial charge on any atom is 0.257 e. The number of rotatable bonds is 8. The normalized spacial score (nSPS) is 13.3. The van der Waals surface area contributed by atoms with Gasteiger partial charge in [-0.3, -0.25) is 14.3 Å². The lowest BCUT2D eigenvalue weighted by Crippen LogP contribution is -2.19. The van der Waals surface area contributed by atoms with Crippen LogP contribution in [0.4, 0.5) is 11.5 Å². The Hall–Kier alpha value is -4.09. The second-order valence-electron chi connectivity index (χ2n) is 9.00. The second-order valence-corrected chi connectivity index (χ2v) is 9.00. The summed E-state index contributed by atoms with van der Waals surface area (Å²) >= 11 is 0. The molecule has 0 unspecified atom stereocenters. The molecule has 2 N–H and O–H groups in total. The molecule has 8 heteroatoms. The van der Waals surface area contributed by atoms with Crippen LogP contribution in [-0.2, 0) is 16.6 Å². The minimum absolute atomic E-state index is 0.0572. The molecule has 3 aromatic rings. The lowest BCUT2D eigenvalue weighted by Gasteiger charge is -2.15. The Kier molecular flexibility index (Phi) is 7.71. The molecule has 1 aromatic heterocycles. The molecule has 1 aliphatic rings. The summed E-state index contributed by atoms with van der Waals surface area (Å²) in [4.78, 5) is 25.1. The van der Waals surface area contributed by atoms with Crippen LogP contribution >= 0.6 is 0 Å². The van der Waals surface area contributed by atoms with E-state index in [9.17, 15) is 9.59 Å². The van der Waals surface area contributed by atoms with Crippen molar-refractivity contribution < 1.29 is 19.1 Å². The highest BCUT2D eigenvalue weighted by Gasteiger charge is 2.29. The van der Waals surface area contributed by atoms with E-state index in [4.69, 9.17) is 9.47 Å². The number of hydrogen-bond donors (Lipinski definition) is 2. The molecule has 0 spiro atoms. The molecule has 0 aliphatic heterocycles. The Bertz CT molecular complexity index is 1330. The number of hydrogen-bond acceptors (Lipinski definition) is 5. The fourth-order valence-electron chi connectivity index (χ4n) is 3.60. The van der Waals surface area contributed by atoms with Gasteiger partial charge in [-0.05, 0) is 62.6 Å². The Morgan fingerprint density at radius 2 is 1.89 bits per heavy atom. The zero-order valence-electron chi connectivity index (χ0n) is 20.9. The Morgan fingerprint density at radius 3 is 2.58 bits per heavy atom. The lowest BCUT2D eigenvalue weighted by molar-refractivity contribution is -0.117. The van der Waals surface area contributed by atoms with Gasteiger partial charge < -0.3 is 20.1 Å². The lowest BCUT2D eigenvalue weighted by atomic mass is 10.1. The van der Waals surface area contributed by atoms with Gasteiger partial charge in [0.25, 0.3) is 5.91 Å². The highest BCUT2D eigenvalue weighted by molar-refractivity contribution is 6.04. The van der Waals surface area contributed by atoms with Crippen LogP contribution in [0.15, 0.2) is 48.7 Å². The molecule has 1 saturated carbocycles. The number of nitrogens with one attached hydrogen (secondary N) is 2. The zero-order chi connectivity index (χ0) is 25.7. The summed E-state index contributed by atoms with van der Waals surface area (Å²) in [5.41, 5.74) is 3.51. The smallest absolute Gasteiger partial charge is 0.257 e. The summed E-state index contributed by atoms with van der Waals surface area (Å²) in [5.74, 6) is 7.10. The van der Waals surface area contributed by atoms with Crippen molar-refractivity contribution in [2.45, 2.75) is 32.8 Å². The first kappa shape index (κ1) is 25.0. The van der Waals surface area contributed by atoms with E-state index >= 15 is 0 Å². The third-order valence-corrected chi connectivity index (χ3v) is 5.66. The molecule has 1 heterocycles. The van der Waals surface area contributed by atoms with E-state index in [1.54, 1.807) is 49.3 Å². The highest BCUT2D eigenvalue weighted by Crippen LogP contribution is 2.31. The summed E-state index contributed by atoms with van der Waals surface area (Å²) < 4.78 is 12.7. The number of carbonyl (C=O) groups is 2. The minimum atomic E-state index is -0.318. The Labute approximate surface area is 211 Å². The van der Waals surface area contributed by atoms with Gasteiger partial charge in [-0.25, -0.2) is 0 Å². The van der Waals surface area contributed by atoms with Gasteiger partial charge >= 0.3 is 0 Å². The second kappa shape index (κ2) is 11.1. The zero-order valence-corrected chi connectivity index (χ0v) is 20.9. The number of aryl methyl sites for hydroxylation is 2. The van der Waals surface area contributed by atoms with Crippen LogP contribution in [0, 0.1) is 24.7 Å². The van der Waals surface area contributed by atoms with E-state index < -0.39 is 0 Å². The average Bonchev–Trinajstić information content (AvgIpc) is 3.62. The molecule has 2 aromatic carbocycles. The molecule has 0 bridgehead atoms.